The summed E-state index contributed by atoms with van der Waals surface area (Å²) in [6, 6.07) is 6.06. The molecule has 3 rings (SSSR count). The van der Waals surface area contributed by atoms with E-state index in [1.165, 1.54) is 17.4 Å². The van der Waals surface area contributed by atoms with Crippen molar-refractivity contribution in [3.05, 3.63) is 44.5 Å². The van der Waals surface area contributed by atoms with Gasteiger partial charge in [0, 0.05) is 28.8 Å². The maximum atomic E-state index is 12.2. The summed E-state index contributed by atoms with van der Waals surface area (Å²) in [5.74, 6) is -0.268. The first-order valence-electron chi connectivity index (χ1n) is 9.12. The van der Waals surface area contributed by atoms with Gasteiger partial charge in [-0.15, -0.1) is 22.7 Å². The maximum Gasteiger partial charge on any atom is 0.407 e. The standard InChI is InChI=1S/C20H21N3O3S2/c1-2-9-22-20(25)26-13-5-7-15-16(12-21)19(28-17(15)11-13)23-18(24)8-6-14-4-3-10-27-14/h3-4,6,8,10,13H,2,5,7,9,11H2,1H3,(H,22,25)(H,23,24)/b8-6+. The lowest BCUT2D eigenvalue weighted by molar-refractivity contribution is -0.111. The second-order valence-corrected chi connectivity index (χ2v) is 8.44. The van der Waals surface area contributed by atoms with Crippen molar-refractivity contribution in [2.75, 3.05) is 11.9 Å². The van der Waals surface area contributed by atoms with Crippen molar-refractivity contribution in [1.29, 1.82) is 5.26 Å². The van der Waals surface area contributed by atoms with Gasteiger partial charge < -0.3 is 15.4 Å². The molecule has 0 radical (unpaired) electrons. The Morgan fingerprint density at radius 1 is 1.46 bits per heavy atom. The first kappa shape index (κ1) is 20.1. The number of carbonyl (C=O) groups is 2. The summed E-state index contributed by atoms with van der Waals surface area (Å²) in [6.07, 6.45) is 5.34. The van der Waals surface area contributed by atoms with Gasteiger partial charge in [0.05, 0.1) is 5.56 Å². The molecule has 8 heteroatoms. The zero-order valence-corrected chi connectivity index (χ0v) is 17.1. The highest BCUT2D eigenvalue weighted by molar-refractivity contribution is 7.16. The number of hydrogen-bond acceptors (Lipinski definition) is 6. The smallest absolute Gasteiger partial charge is 0.407 e. The van der Waals surface area contributed by atoms with Gasteiger partial charge in [0.1, 0.15) is 17.2 Å². The van der Waals surface area contributed by atoms with Gasteiger partial charge in [0.15, 0.2) is 0 Å². The van der Waals surface area contributed by atoms with E-state index in [0.29, 0.717) is 36.4 Å². The summed E-state index contributed by atoms with van der Waals surface area (Å²) in [5.41, 5.74) is 1.48. The zero-order valence-electron chi connectivity index (χ0n) is 15.5. The number of amides is 2. The number of nitrogens with zero attached hydrogens (tertiary/aromatic N) is 1. The molecule has 2 heterocycles. The van der Waals surface area contributed by atoms with E-state index in [1.807, 2.05) is 24.4 Å². The van der Waals surface area contributed by atoms with E-state index in [4.69, 9.17) is 4.74 Å². The molecule has 0 saturated heterocycles. The third-order valence-corrected chi connectivity index (χ3v) is 6.31. The van der Waals surface area contributed by atoms with Crippen LogP contribution in [0.15, 0.2) is 23.6 Å². The van der Waals surface area contributed by atoms with Crippen molar-refractivity contribution in [3.8, 4) is 6.07 Å². The fourth-order valence-corrected chi connectivity index (χ4v) is 4.86. The van der Waals surface area contributed by atoms with E-state index in [9.17, 15) is 14.9 Å². The molecule has 146 valence electrons. The lowest BCUT2D eigenvalue weighted by atomic mass is 9.94. The van der Waals surface area contributed by atoms with Crippen LogP contribution in [0, 0.1) is 11.3 Å². The number of ether oxygens (including phenoxy) is 1. The number of anilines is 1. The minimum Gasteiger partial charge on any atom is -0.446 e. The summed E-state index contributed by atoms with van der Waals surface area (Å²) in [4.78, 5) is 26.0. The van der Waals surface area contributed by atoms with Crippen LogP contribution in [-0.2, 0) is 22.4 Å². The van der Waals surface area contributed by atoms with E-state index < -0.39 is 6.09 Å². The van der Waals surface area contributed by atoms with Gasteiger partial charge in [-0.2, -0.15) is 5.26 Å². The molecule has 2 aromatic heterocycles. The van der Waals surface area contributed by atoms with Gasteiger partial charge in [-0.3, -0.25) is 4.79 Å². The van der Waals surface area contributed by atoms with Gasteiger partial charge in [0.2, 0.25) is 5.91 Å². The Morgan fingerprint density at radius 3 is 3.04 bits per heavy atom. The Kier molecular flexibility index (Phi) is 6.85. The van der Waals surface area contributed by atoms with Crippen molar-refractivity contribution in [3.63, 3.8) is 0 Å². The van der Waals surface area contributed by atoms with Crippen LogP contribution in [0.3, 0.4) is 0 Å². The van der Waals surface area contributed by atoms with E-state index >= 15 is 0 Å². The molecule has 0 aliphatic heterocycles. The third-order valence-electron chi connectivity index (χ3n) is 4.30. The maximum absolute atomic E-state index is 12.2. The largest absolute Gasteiger partial charge is 0.446 e. The number of alkyl carbamates (subject to hydrolysis) is 1. The van der Waals surface area contributed by atoms with E-state index in [-0.39, 0.29) is 12.0 Å². The highest BCUT2D eigenvalue weighted by Crippen LogP contribution is 2.38. The molecule has 1 atom stereocenters. The van der Waals surface area contributed by atoms with Crippen LogP contribution in [-0.4, -0.2) is 24.6 Å². The first-order valence-corrected chi connectivity index (χ1v) is 10.8. The minimum atomic E-state index is -0.403. The Bertz CT molecular complexity index is 910. The summed E-state index contributed by atoms with van der Waals surface area (Å²) in [5, 5.41) is 17.6. The molecule has 2 N–H and O–H groups in total. The van der Waals surface area contributed by atoms with E-state index in [0.717, 1.165) is 21.7 Å². The lowest BCUT2D eigenvalue weighted by Gasteiger charge is -2.22. The number of hydrogen-bond donors (Lipinski definition) is 2. The normalized spacial score (nSPS) is 15.6. The molecule has 0 fully saturated rings. The summed E-state index contributed by atoms with van der Waals surface area (Å²) < 4.78 is 5.47. The number of thiophene rings is 2. The topological polar surface area (TPSA) is 91.2 Å². The third kappa shape index (κ3) is 5.00. The van der Waals surface area contributed by atoms with Gasteiger partial charge in [-0.1, -0.05) is 13.0 Å². The zero-order chi connectivity index (χ0) is 19.9. The summed E-state index contributed by atoms with van der Waals surface area (Å²) in [7, 11) is 0. The van der Waals surface area contributed by atoms with Crippen LogP contribution in [0.25, 0.3) is 6.08 Å². The number of rotatable bonds is 6. The Morgan fingerprint density at radius 2 is 2.32 bits per heavy atom. The molecule has 0 bridgehead atoms. The SMILES string of the molecule is CCCNC(=O)OC1CCc2c(sc(NC(=O)/C=C/c3cccs3)c2C#N)C1. The second-order valence-electron chi connectivity index (χ2n) is 6.35. The number of nitrogens with one attached hydrogen (secondary N) is 2. The van der Waals surface area contributed by atoms with Crippen LogP contribution >= 0.6 is 22.7 Å². The predicted molar refractivity (Wildman–Crippen MR) is 112 cm³/mol. The van der Waals surface area contributed by atoms with Crippen LogP contribution in [0.4, 0.5) is 9.80 Å². The van der Waals surface area contributed by atoms with Crippen molar-refractivity contribution in [2.24, 2.45) is 0 Å². The average molecular weight is 416 g/mol. The van der Waals surface area contributed by atoms with Gasteiger partial charge in [-0.05, 0) is 42.3 Å². The van der Waals surface area contributed by atoms with E-state index in [2.05, 4.69) is 16.7 Å². The molecule has 0 saturated carbocycles. The van der Waals surface area contributed by atoms with E-state index in [1.54, 1.807) is 17.4 Å². The average Bonchev–Trinajstić information content (AvgIpc) is 3.31. The van der Waals surface area contributed by atoms with Crippen LogP contribution < -0.4 is 10.6 Å². The number of carbonyl (C=O) groups excluding carboxylic acids is 2. The second kappa shape index (κ2) is 9.53. The molecule has 1 aliphatic carbocycles. The highest BCUT2D eigenvalue weighted by Gasteiger charge is 2.28. The Hall–Kier alpha value is -2.63. The molecule has 1 aliphatic rings. The molecule has 0 spiro atoms. The molecule has 2 amide bonds. The summed E-state index contributed by atoms with van der Waals surface area (Å²) >= 11 is 2.94. The first-order chi connectivity index (χ1) is 13.6. The molecular formula is C20H21N3O3S2. The van der Waals surface area contributed by atoms with Crippen molar-refractivity contribution < 1.29 is 14.3 Å². The molecular weight excluding hydrogens is 394 g/mol. The fraction of sp³-hybridized carbons (Fsp3) is 0.350. The van der Waals surface area contributed by atoms with Crippen LogP contribution in [0.2, 0.25) is 0 Å². The van der Waals surface area contributed by atoms with Crippen LogP contribution in [0.5, 0.6) is 0 Å². The molecule has 6 nitrogen and oxygen atoms in total. The van der Waals surface area contributed by atoms with Crippen molar-refractivity contribution >= 4 is 45.8 Å². The highest BCUT2D eigenvalue weighted by atomic mass is 32.1. The quantitative estimate of drug-likeness (QED) is 0.687. The van der Waals surface area contributed by atoms with Gasteiger partial charge >= 0.3 is 6.09 Å². The fourth-order valence-electron chi connectivity index (χ4n) is 2.98. The number of fused-ring (bicyclic) bond motifs is 1. The Labute approximate surface area is 171 Å². The summed E-state index contributed by atoms with van der Waals surface area (Å²) in [6.45, 7) is 2.57. The molecule has 1 unspecified atom stereocenters. The van der Waals surface area contributed by atoms with Crippen molar-refractivity contribution in [2.45, 2.75) is 38.7 Å². The monoisotopic (exact) mass is 415 g/mol. The van der Waals surface area contributed by atoms with Crippen LogP contribution in [0.1, 0.15) is 40.6 Å². The molecule has 2 aromatic rings. The Balaban J connectivity index is 1.66. The predicted octanol–water partition coefficient (Wildman–Crippen LogP) is 4.33. The van der Waals surface area contributed by atoms with Crippen molar-refractivity contribution in [1.82, 2.24) is 5.32 Å². The van der Waals surface area contributed by atoms with Gasteiger partial charge in [0.25, 0.3) is 0 Å². The minimum absolute atomic E-state index is 0.211. The van der Waals surface area contributed by atoms with Gasteiger partial charge in [-0.25, -0.2) is 4.79 Å². The number of nitriles is 1. The lowest BCUT2D eigenvalue weighted by Crippen LogP contribution is -2.32. The molecule has 0 aromatic carbocycles. The molecule has 28 heavy (non-hydrogen) atoms.